The number of rotatable bonds is 7. The summed E-state index contributed by atoms with van der Waals surface area (Å²) in [6.07, 6.45) is 1.12. The fourth-order valence-electron chi connectivity index (χ4n) is 4.71. The number of nitrogens with zero attached hydrogens (tertiary/aromatic N) is 2. The number of hydrogen-bond acceptors (Lipinski definition) is 5. The second-order valence-electron chi connectivity index (χ2n) is 10.1. The maximum Gasteiger partial charge on any atom is 0.490 e. The summed E-state index contributed by atoms with van der Waals surface area (Å²) < 4.78 is 57.8. The lowest BCUT2D eigenvalue weighted by Gasteiger charge is -2.31. The molecule has 1 fully saturated rings. The SMILES string of the molecule is CCS(=O)(=O)N1CCC(c2c[nH]c3c(C(N)=O)cc(-c4ccc(CC(C)C)nc4)cc23)CC1.O=C(O)C(F)(F)F. The number of sulfonamides is 1. The Morgan fingerprint density at radius 2 is 1.80 bits per heavy atom. The fraction of sp³-hybridized carbons (Fsp3) is 0.444. The van der Waals surface area contributed by atoms with Gasteiger partial charge in [-0.3, -0.25) is 9.78 Å². The molecule has 2 aromatic heterocycles. The lowest BCUT2D eigenvalue weighted by Crippen LogP contribution is -2.38. The van der Waals surface area contributed by atoms with Gasteiger partial charge in [0, 0.05) is 42.1 Å². The molecule has 13 heteroatoms. The molecule has 3 heterocycles. The van der Waals surface area contributed by atoms with E-state index in [-0.39, 0.29) is 11.7 Å². The molecule has 1 aliphatic heterocycles. The summed E-state index contributed by atoms with van der Waals surface area (Å²) in [5, 5.41) is 8.09. The second-order valence-corrected chi connectivity index (χ2v) is 12.3. The highest BCUT2D eigenvalue weighted by atomic mass is 32.2. The average Bonchev–Trinajstić information content (AvgIpc) is 3.32. The molecule has 4 N–H and O–H groups in total. The summed E-state index contributed by atoms with van der Waals surface area (Å²) in [6.45, 7) is 7.03. The number of amides is 1. The van der Waals surface area contributed by atoms with E-state index in [0.29, 0.717) is 24.6 Å². The molecule has 1 aromatic carbocycles. The van der Waals surface area contributed by atoms with Crippen LogP contribution in [0.4, 0.5) is 13.2 Å². The number of alkyl halides is 3. The van der Waals surface area contributed by atoms with Crippen LogP contribution >= 0.6 is 0 Å². The Morgan fingerprint density at radius 3 is 2.27 bits per heavy atom. The van der Waals surface area contributed by atoms with Gasteiger partial charge in [-0.15, -0.1) is 0 Å². The third-order valence-corrected chi connectivity index (χ3v) is 8.64. The van der Waals surface area contributed by atoms with E-state index >= 15 is 0 Å². The van der Waals surface area contributed by atoms with Gasteiger partial charge in [-0.2, -0.15) is 13.2 Å². The normalized spacial score (nSPS) is 15.2. The summed E-state index contributed by atoms with van der Waals surface area (Å²) >= 11 is 0. The largest absolute Gasteiger partial charge is 0.490 e. The number of hydrogen-bond donors (Lipinski definition) is 3. The van der Waals surface area contributed by atoms with Crippen molar-refractivity contribution in [3.63, 3.8) is 0 Å². The molecule has 1 amide bonds. The van der Waals surface area contributed by atoms with Crippen LogP contribution in [0.1, 0.15) is 61.1 Å². The Hall–Kier alpha value is -3.45. The molecule has 40 heavy (non-hydrogen) atoms. The van der Waals surface area contributed by atoms with Crippen LogP contribution in [0, 0.1) is 5.92 Å². The van der Waals surface area contributed by atoms with Crippen LogP contribution in [0.5, 0.6) is 0 Å². The van der Waals surface area contributed by atoms with Crippen molar-refractivity contribution in [1.29, 1.82) is 0 Å². The van der Waals surface area contributed by atoms with E-state index in [1.165, 1.54) is 0 Å². The Bertz CT molecular complexity index is 1460. The third kappa shape index (κ3) is 7.39. The molecule has 1 aliphatic rings. The van der Waals surface area contributed by atoms with E-state index in [2.05, 4.69) is 29.9 Å². The number of piperidine rings is 1. The number of carbonyl (C=O) groups excluding carboxylic acids is 1. The minimum absolute atomic E-state index is 0.125. The van der Waals surface area contributed by atoms with Gasteiger partial charge in [-0.1, -0.05) is 19.9 Å². The van der Waals surface area contributed by atoms with Crippen molar-refractivity contribution in [2.45, 2.75) is 52.1 Å². The van der Waals surface area contributed by atoms with Crippen molar-refractivity contribution in [2.24, 2.45) is 11.7 Å². The van der Waals surface area contributed by atoms with Crippen LogP contribution < -0.4 is 5.73 Å². The van der Waals surface area contributed by atoms with Crippen molar-refractivity contribution in [1.82, 2.24) is 14.3 Å². The van der Waals surface area contributed by atoms with Gasteiger partial charge in [-0.05, 0) is 67.3 Å². The van der Waals surface area contributed by atoms with E-state index in [0.717, 1.165) is 52.5 Å². The first-order chi connectivity index (χ1) is 18.6. The molecule has 0 spiro atoms. The highest BCUT2D eigenvalue weighted by molar-refractivity contribution is 7.89. The molecule has 1 saturated heterocycles. The maximum absolute atomic E-state index is 12.3. The lowest BCUT2D eigenvalue weighted by molar-refractivity contribution is -0.192. The number of nitrogens with one attached hydrogen (secondary N) is 1. The van der Waals surface area contributed by atoms with Gasteiger partial charge in [0.1, 0.15) is 0 Å². The van der Waals surface area contributed by atoms with Crippen LogP contribution in [-0.2, 0) is 21.2 Å². The standard InChI is InChI=1S/C25H32N4O3S.C2HF3O2/c1-4-33(31,32)29-9-7-17(8-10-29)23-15-28-24-21(23)12-19(13-22(24)25(26)30)18-5-6-20(27-14-18)11-16(2)3;3-2(4,5)1(6)7/h5-6,12-17,28H,4,7-11H2,1-3H3,(H2,26,30);(H,6,7). The predicted molar refractivity (Wildman–Crippen MR) is 145 cm³/mol. The first-order valence-corrected chi connectivity index (χ1v) is 14.4. The number of aromatic nitrogens is 2. The summed E-state index contributed by atoms with van der Waals surface area (Å²) in [4.78, 5) is 29.0. The van der Waals surface area contributed by atoms with Crippen LogP contribution in [0.2, 0.25) is 0 Å². The first kappa shape index (κ1) is 31.1. The van der Waals surface area contributed by atoms with Crippen molar-refractivity contribution >= 4 is 32.8 Å². The monoisotopic (exact) mass is 582 g/mol. The number of benzene rings is 1. The Labute approximate surface area is 230 Å². The number of nitrogens with two attached hydrogens (primary N) is 1. The quantitative estimate of drug-likeness (QED) is 0.368. The number of fused-ring (bicyclic) bond motifs is 1. The summed E-state index contributed by atoms with van der Waals surface area (Å²) in [7, 11) is -3.17. The van der Waals surface area contributed by atoms with Crippen molar-refractivity contribution in [3.8, 4) is 11.1 Å². The van der Waals surface area contributed by atoms with Crippen molar-refractivity contribution < 1.29 is 36.3 Å². The highest BCUT2D eigenvalue weighted by Crippen LogP contribution is 2.37. The molecule has 0 saturated carbocycles. The number of aliphatic carboxylic acids is 1. The summed E-state index contributed by atoms with van der Waals surface area (Å²) in [5.74, 6) is -2.37. The molecule has 0 bridgehead atoms. The molecule has 0 aliphatic carbocycles. The van der Waals surface area contributed by atoms with Gasteiger partial charge in [-0.25, -0.2) is 17.5 Å². The van der Waals surface area contributed by atoms with E-state index in [1.54, 1.807) is 11.2 Å². The fourth-order valence-corrected chi connectivity index (χ4v) is 5.85. The number of halogens is 3. The molecular formula is C27H33F3N4O5S. The molecule has 0 unspecified atom stereocenters. The maximum atomic E-state index is 12.3. The van der Waals surface area contributed by atoms with E-state index in [9.17, 15) is 26.4 Å². The second kappa shape index (κ2) is 12.4. The topological polar surface area (TPSA) is 146 Å². The number of primary amides is 1. The minimum atomic E-state index is -5.08. The summed E-state index contributed by atoms with van der Waals surface area (Å²) in [5.41, 5.74) is 10.9. The van der Waals surface area contributed by atoms with Crippen LogP contribution in [-0.4, -0.2) is 64.7 Å². The smallest absolute Gasteiger partial charge is 0.475 e. The number of pyridine rings is 1. The minimum Gasteiger partial charge on any atom is -0.475 e. The van der Waals surface area contributed by atoms with E-state index in [1.807, 2.05) is 30.6 Å². The van der Waals surface area contributed by atoms with Crippen LogP contribution in [0.3, 0.4) is 0 Å². The van der Waals surface area contributed by atoms with Gasteiger partial charge in [0.15, 0.2) is 0 Å². The lowest BCUT2D eigenvalue weighted by atomic mass is 9.88. The number of carboxylic acids is 1. The van der Waals surface area contributed by atoms with Gasteiger partial charge in [0.05, 0.1) is 16.8 Å². The zero-order chi connectivity index (χ0) is 29.8. The molecular weight excluding hydrogens is 549 g/mol. The Morgan fingerprint density at radius 1 is 1.18 bits per heavy atom. The number of carbonyl (C=O) groups is 2. The Balaban J connectivity index is 0.000000559. The molecule has 0 radical (unpaired) electrons. The number of H-pyrrole nitrogens is 1. The van der Waals surface area contributed by atoms with E-state index in [4.69, 9.17) is 15.6 Å². The molecule has 218 valence electrons. The number of aromatic amines is 1. The third-order valence-electron chi connectivity index (χ3n) is 6.76. The molecule has 9 nitrogen and oxygen atoms in total. The Kier molecular flexibility index (Phi) is 9.62. The van der Waals surface area contributed by atoms with Crippen molar-refractivity contribution in [3.05, 3.63) is 53.5 Å². The first-order valence-electron chi connectivity index (χ1n) is 12.8. The predicted octanol–water partition coefficient (Wildman–Crippen LogP) is 4.69. The van der Waals surface area contributed by atoms with Gasteiger partial charge in [0.2, 0.25) is 10.0 Å². The van der Waals surface area contributed by atoms with Crippen LogP contribution in [0.15, 0.2) is 36.7 Å². The van der Waals surface area contributed by atoms with E-state index < -0.39 is 28.1 Å². The van der Waals surface area contributed by atoms with Gasteiger partial charge in [0.25, 0.3) is 5.91 Å². The highest BCUT2D eigenvalue weighted by Gasteiger charge is 2.38. The molecule has 3 aromatic rings. The van der Waals surface area contributed by atoms with Gasteiger partial charge < -0.3 is 15.8 Å². The molecule has 0 atom stereocenters. The van der Waals surface area contributed by atoms with Crippen LogP contribution in [0.25, 0.3) is 22.0 Å². The number of carboxylic acid groups (broad SMARTS) is 1. The van der Waals surface area contributed by atoms with Gasteiger partial charge >= 0.3 is 12.1 Å². The zero-order valence-corrected chi connectivity index (χ0v) is 23.3. The summed E-state index contributed by atoms with van der Waals surface area (Å²) in [6, 6.07) is 7.98. The zero-order valence-electron chi connectivity index (χ0n) is 22.5. The van der Waals surface area contributed by atoms with Crippen molar-refractivity contribution in [2.75, 3.05) is 18.8 Å². The molecule has 4 rings (SSSR count). The average molecular weight is 583 g/mol.